The van der Waals surface area contributed by atoms with E-state index in [0.29, 0.717) is 11.8 Å². The topological polar surface area (TPSA) is 0 Å². The fourth-order valence-electron chi connectivity index (χ4n) is 1.15. The summed E-state index contributed by atoms with van der Waals surface area (Å²) in [5.41, 5.74) is 0. The lowest BCUT2D eigenvalue weighted by atomic mass is 9.90. The van der Waals surface area contributed by atoms with Crippen molar-refractivity contribution in [3.05, 3.63) is 44.3 Å². The normalized spacial score (nSPS) is 21.9. The molecule has 0 nitrogen and oxygen atoms in total. The van der Waals surface area contributed by atoms with E-state index >= 15 is 0 Å². The summed E-state index contributed by atoms with van der Waals surface area (Å²) in [5.74, 6) is 2.44. The molecular formula is C10H12Cl. The summed E-state index contributed by atoms with van der Waals surface area (Å²) in [6.07, 6.45) is 11.2. The second-order valence-corrected chi connectivity index (χ2v) is 2.90. The number of hydrogen-bond donors (Lipinski definition) is 0. The van der Waals surface area contributed by atoms with Crippen molar-refractivity contribution in [1.29, 1.82) is 0 Å². The van der Waals surface area contributed by atoms with Gasteiger partial charge in [0.1, 0.15) is 0 Å². The van der Waals surface area contributed by atoms with Gasteiger partial charge in [0.15, 0.2) is 0 Å². The lowest BCUT2D eigenvalue weighted by molar-refractivity contribution is 0.654. The molecule has 0 spiro atoms. The first-order chi connectivity index (χ1) is 5.38. The molecular weight excluding hydrogens is 156 g/mol. The van der Waals surface area contributed by atoms with Gasteiger partial charge in [0, 0.05) is 5.88 Å². The first kappa shape index (κ1) is 9.12. The van der Waals surface area contributed by atoms with E-state index in [9.17, 15) is 0 Å². The molecule has 0 aromatic rings. The van der Waals surface area contributed by atoms with Gasteiger partial charge in [0.2, 0.25) is 0 Å². The van der Waals surface area contributed by atoms with Crippen LogP contribution < -0.4 is 0 Å². The monoisotopic (exact) mass is 167 g/mol. The smallest absolute Gasteiger partial charge is 0.0260 e. The van der Waals surface area contributed by atoms with Crippen LogP contribution in [0, 0.1) is 37.5 Å². The summed E-state index contributed by atoms with van der Waals surface area (Å²) in [6.45, 7) is 3.70. The van der Waals surface area contributed by atoms with E-state index in [1.165, 1.54) is 5.92 Å². The van der Waals surface area contributed by atoms with Crippen LogP contribution in [0.25, 0.3) is 0 Å². The molecule has 0 heterocycles. The highest BCUT2D eigenvalue weighted by Crippen LogP contribution is 2.32. The highest BCUT2D eigenvalue weighted by molar-refractivity contribution is 6.18. The maximum Gasteiger partial charge on any atom is 0.0260 e. The van der Waals surface area contributed by atoms with Crippen LogP contribution in [-0.4, -0.2) is 5.88 Å². The molecule has 0 saturated heterocycles. The molecule has 1 aliphatic rings. The molecule has 59 valence electrons. The molecule has 0 aromatic carbocycles. The zero-order chi connectivity index (χ0) is 8.10. The Bertz CT molecular complexity index is 114. The Morgan fingerprint density at radius 3 is 2.55 bits per heavy atom. The van der Waals surface area contributed by atoms with E-state index in [-0.39, 0.29) is 0 Å². The van der Waals surface area contributed by atoms with E-state index in [1.807, 2.05) is 18.9 Å². The Morgan fingerprint density at radius 1 is 1.45 bits per heavy atom. The first-order valence-corrected chi connectivity index (χ1v) is 4.30. The standard InChI is InChI=1S/C10H12Cl/c1-2-5-10(8-11)9-6-3-4-7-9/h2-4,6-7,10H,1,5,8H2/t10-/m1/s1. The largest absolute Gasteiger partial charge is 0.126 e. The number of halogens is 1. The van der Waals surface area contributed by atoms with Crippen molar-refractivity contribution in [3.63, 3.8) is 0 Å². The maximum atomic E-state index is 5.79. The summed E-state index contributed by atoms with van der Waals surface area (Å²) in [4.78, 5) is 0. The molecule has 1 rings (SSSR count). The molecule has 0 N–H and O–H groups in total. The number of alkyl halides is 1. The summed E-state index contributed by atoms with van der Waals surface area (Å²) >= 11 is 5.79. The van der Waals surface area contributed by atoms with Gasteiger partial charge in [-0.1, -0.05) is 6.08 Å². The van der Waals surface area contributed by atoms with Crippen molar-refractivity contribution in [2.45, 2.75) is 6.42 Å². The van der Waals surface area contributed by atoms with Crippen molar-refractivity contribution < 1.29 is 0 Å². The van der Waals surface area contributed by atoms with Gasteiger partial charge >= 0.3 is 0 Å². The van der Waals surface area contributed by atoms with E-state index in [2.05, 4.69) is 19.4 Å². The van der Waals surface area contributed by atoms with Crippen molar-refractivity contribution in [2.75, 3.05) is 5.88 Å². The maximum absolute atomic E-state index is 5.79. The van der Waals surface area contributed by atoms with E-state index in [1.54, 1.807) is 0 Å². The molecule has 0 bridgehead atoms. The van der Waals surface area contributed by atoms with E-state index in [0.717, 1.165) is 6.42 Å². The molecule has 5 radical (unpaired) electrons. The van der Waals surface area contributed by atoms with Crippen molar-refractivity contribution in [2.24, 2.45) is 5.92 Å². The van der Waals surface area contributed by atoms with Crippen molar-refractivity contribution in [3.8, 4) is 0 Å². The second kappa shape index (κ2) is 4.82. The first-order valence-electron chi connectivity index (χ1n) is 3.77. The molecule has 1 atom stereocenters. The van der Waals surface area contributed by atoms with Gasteiger partial charge in [-0.3, -0.25) is 0 Å². The quantitative estimate of drug-likeness (QED) is 0.446. The third-order valence-electron chi connectivity index (χ3n) is 1.80. The number of allylic oxidation sites excluding steroid dienone is 1. The minimum atomic E-state index is 0.448. The molecule has 11 heavy (non-hydrogen) atoms. The summed E-state index contributed by atoms with van der Waals surface area (Å²) in [6, 6.07) is 0. The van der Waals surface area contributed by atoms with Crippen LogP contribution in [0.3, 0.4) is 0 Å². The molecule has 0 amide bonds. The van der Waals surface area contributed by atoms with Crippen LogP contribution in [0.5, 0.6) is 0 Å². The Balaban J connectivity index is 2.33. The number of hydrogen-bond acceptors (Lipinski definition) is 0. The summed E-state index contributed by atoms with van der Waals surface area (Å²) in [5, 5.41) is 0. The third kappa shape index (κ3) is 2.52. The SMILES string of the molecule is C=CC[C@H](CCl)[C]1[CH][CH][CH][CH]1. The van der Waals surface area contributed by atoms with Crippen LogP contribution >= 0.6 is 11.6 Å². The lowest BCUT2D eigenvalue weighted by Gasteiger charge is -2.17. The summed E-state index contributed by atoms with van der Waals surface area (Å²) in [7, 11) is 0. The van der Waals surface area contributed by atoms with Gasteiger partial charge in [0.05, 0.1) is 0 Å². The Kier molecular flexibility index (Phi) is 3.99. The molecule has 1 fully saturated rings. The minimum Gasteiger partial charge on any atom is -0.126 e. The van der Waals surface area contributed by atoms with Crippen LogP contribution in [0.15, 0.2) is 12.7 Å². The zero-order valence-corrected chi connectivity index (χ0v) is 7.22. The van der Waals surface area contributed by atoms with E-state index < -0.39 is 0 Å². The van der Waals surface area contributed by atoms with Gasteiger partial charge in [-0.15, -0.1) is 18.2 Å². The van der Waals surface area contributed by atoms with E-state index in [4.69, 9.17) is 11.6 Å². The molecule has 0 aliphatic heterocycles. The minimum absolute atomic E-state index is 0.448. The summed E-state index contributed by atoms with van der Waals surface area (Å²) < 4.78 is 0. The molecule has 1 heteroatoms. The number of rotatable bonds is 4. The second-order valence-electron chi connectivity index (χ2n) is 2.59. The van der Waals surface area contributed by atoms with Gasteiger partial charge in [-0.2, -0.15) is 0 Å². The lowest BCUT2D eigenvalue weighted by Crippen LogP contribution is -2.11. The van der Waals surface area contributed by atoms with Crippen LogP contribution in [0.4, 0.5) is 0 Å². The Morgan fingerprint density at radius 2 is 2.09 bits per heavy atom. The van der Waals surface area contributed by atoms with Gasteiger partial charge < -0.3 is 0 Å². The molecule has 1 aliphatic carbocycles. The van der Waals surface area contributed by atoms with Crippen molar-refractivity contribution in [1.82, 2.24) is 0 Å². The van der Waals surface area contributed by atoms with Crippen LogP contribution in [0.2, 0.25) is 0 Å². The van der Waals surface area contributed by atoms with Crippen molar-refractivity contribution >= 4 is 11.6 Å². The Labute approximate surface area is 74.6 Å². The highest BCUT2D eigenvalue weighted by Gasteiger charge is 2.24. The molecule has 0 unspecified atom stereocenters. The fraction of sp³-hybridized carbons (Fsp3) is 0.300. The van der Waals surface area contributed by atoms with Gasteiger partial charge in [-0.25, -0.2) is 0 Å². The van der Waals surface area contributed by atoms with Crippen LogP contribution in [-0.2, 0) is 0 Å². The fourth-order valence-corrected chi connectivity index (χ4v) is 1.45. The predicted octanol–water partition coefficient (Wildman–Crippen LogP) is 2.82. The zero-order valence-electron chi connectivity index (χ0n) is 6.46. The van der Waals surface area contributed by atoms with Gasteiger partial charge in [0.25, 0.3) is 0 Å². The predicted molar refractivity (Wildman–Crippen MR) is 49.5 cm³/mol. The highest BCUT2D eigenvalue weighted by atomic mass is 35.5. The van der Waals surface area contributed by atoms with Crippen LogP contribution in [0.1, 0.15) is 6.42 Å². The molecule has 1 saturated carbocycles. The average molecular weight is 168 g/mol. The molecule has 0 aromatic heterocycles. The third-order valence-corrected chi connectivity index (χ3v) is 2.17. The average Bonchev–Trinajstić information content (AvgIpc) is 2.52. The van der Waals surface area contributed by atoms with Gasteiger partial charge in [-0.05, 0) is 43.9 Å². The Hall–Kier alpha value is 0.0300.